The number of benzene rings is 1. The van der Waals surface area contributed by atoms with Gasteiger partial charge in [-0.15, -0.1) is 0 Å². The summed E-state index contributed by atoms with van der Waals surface area (Å²) < 4.78 is 16.4. The summed E-state index contributed by atoms with van der Waals surface area (Å²) >= 11 is 0. The second-order valence-corrected chi connectivity index (χ2v) is 7.09. The zero-order chi connectivity index (χ0) is 20.8. The Balaban J connectivity index is 1.51. The summed E-state index contributed by atoms with van der Waals surface area (Å²) in [7, 11) is 1.62. The van der Waals surface area contributed by atoms with Crippen LogP contribution in [0.2, 0.25) is 0 Å². The van der Waals surface area contributed by atoms with Gasteiger partial charge in [-0.3, -0.25) is 4.90 Å². The predicted molar refractivity (Wildman–Crippen MR) is 108 cm³/mol. The molecule has 1 fully saturated rings. The van der Waals surface area contributed by atoms with Gasteiger partial charge in [0.25, 0.3) is 0 Å². The SMILES string of the molecule is COCCOc1ncccc1-c1noc([C@@H]2CCCN2Cc2cccc(C#N)c2)n1. The molecule has 30 heavy (non-hydrogen) atoms. The molecule has 1 atom stereocenters. The van der Waals surface area contributed by atoms with E-state index in [9.17, 15) is 0 Å². The van der Waals surface area contributed by atoms with Gasteiger partial charge in [0.1, 0.15) is 6.61 Å². The minimum Gasteiger partial charge on any atom is -0.475 e. The van der Waals surface area contributed by atoms with E-state index in [0.717, 1.165) is 31.5 Å². The average Bonchev–Trinajstić information content (AvgIpc) is 3.44. The molecule has 1 saturated heterocycles. The van der Waals surface area contributed by atoms with E-state index in [4.69, 9.17) is 19.3 Å². The molecule has 154 valence electrons. The van der Waals surface area contributed by atoms with Gasteiger partial charge in [0.2, 0.25) is 17.6 Å². The normalized spacial score (nSPS) is 16.5. The van der Waals surface area contributed by atoms with Gasteiger partial charge < -0.3 is 14.0 Å². The first kappa shape index (κ1) is 20.0. The number of hydrogen-bond donors (Lipinski definition) is 0. The van der Waals surface area contributed by atoms with E-state index < -0.39 is 0 Å². The zero-order valence-electron chi connectivity index (χ0n) is 16.8. The van der Waals surface area contributed by atoms with Gasteiger partial charge in [-0.05, 0) is 49.2 Å². The van der Waals surface area contributed by atoms with Crippen LogP contribution >= 0.6 is 0 Å². The topological polar surface area (TPSA) is 97.3 Å². The Kier molecular flexibility index (Phi) is 6.32. The molecule has 0 amide bonds. The number of aromatic nitrogens is 3. The van der Waals surface area contributed by atoms with E-state index in [1.807, 2.05) is 36.4 Å². The molecule has 0 spiro atoms. The van der Waals surface area contributed by atoms with Gasteiger partial charge in [-0.25, -0.2) is 4.98 Å². The number of nitrogens with zero attached hydrogens (tertiary/aromatic N) is 5. The van der Waals surface area contributed by atoms with Crippen molar-refractivity contribution in [1.29, 1.82) is 5.26 Å². The Bertz CT molecular complexity index is 1030. The third-order valence-electron chi connectivity index (χ3n) is 5.07. The number of methoxy groups -OCH3 is 1. The molecule has 0 aliphatic carbocycles. The Morgan fingerprint density at radius 3 is 3.07 bits per heavy atom. The minimum atomic E-state index is 0.0477. The van der Waals surface area contributed by atoms with Crippen molar-refractivity contribution in [3.05, 3.63) is 59.6 Å². The lowest BCUT2D eigenvalue weighted by atomic mass is 10.1. The highest BCUT2D eigenvalue weighted by Gasteiger charge is 2.31. The van der Waals surface area contributed by atoms with Crippen molar-refractivity contribution in [1.82, 2.24) is 20.0 Å². The van der Waals surface area contributed by atoms with Crippen LogP contribution in [0.3, 0.4) is 0 Å². The van der Waals surface area contributed by atoms with Crippen molar-refractivity contribution in [2.24, 2.45) is 0 Å². The fraction of sp³-hybridized carbons (Fsp3) is 0.364. The lowest BCUT2D eigenvalue weighted by Crippen LogP contribution is -2.23. The first-order valence-corrected chi connectivity index (χ1v) is 9.92. The van der Waals surface area contributed by atoms with E-state index in [1.165, 1.54) is 0 Å². The van der Waals surface area contributed by atoms with Crippen LogP contribution in [0.5, 0.6) is 5.88 Å². The molecule has 3 aromatic rings. The van der Waals surface area contributed by atoms with Crippen molar-refractivity contribution >= 4 is 0 Å². The van der Waals surface area contributed by atoms with Gasteiger partial charge in [-0.2, -0.15) is 10.2 Å². The molecule has 0 N–H and O–H groups in total. The summed E-state index contributed by atoms with van der Waals surface area (Å²) in [6.07, 6.45) is 3.67. The molecule has 1 aliphatic rings. The van der Waals surface area contributed by atoms with Crippen LogP contribution in [0, 0.1) is 11.3 Å². The molecule has 3 heterocycles. The maximum Gasteiger partial charge on any atom is 0.244 e. The van der Waals surface area contributed by atoms with Crippen LogP contribution in [0.1, 0.15) is 35.9 Å². The highest BCUT2D eigenvalue weighted by atomic mass is 16.5. The third-order valence-corrected chi connectivity index (χ3v) is 5.07. The highest BCUT2D eigenvalue weighted by Crippen LogP contribution is 2.34. The summed E-state index contributed by atoms with van der Waals surface area (Å²) in [5.74, 6) is 1.51. The second-order valence-electron chi connectivity index (χ2n) is 7.09. The van der Waals surface area contributed by atoms with Crippen LogP contribution in [0.4, 0.5) is 0 Å². The van der Waals surface area contributed by atoms with Crippen LogP contribution in [0.15, 0.2) is 47.1 Å². The van der Waals surface area contributed by atoms with E-state index >= 15 is 0 Å². The maximum atomic E-state index is 9.14. The lowest BCUT2D eigenvalue weighted by molar-refractivity contribution is 0.144. The number of nitriles is 1. The smallest absolute Gasteiger partial charge is 0.244 e. The summed E-state index contributed by atoms with van der Waals surface area (Å²) in [5, 5.41) is 13.3. The molecular formula is C22H23N5O3. The Morgan fingerprint density at radius 2 is 2.20 bits per heavy atom. The number of likely N-dealkylation sites (tertiary alicyclic amines) is 1. The molecule has 8 heteroatoms. The standard InChI is InChI=1S/C22H23N5O3/c1-28-11-12-29-21-18(7-3-9-24-21)20-25-22(30-26-20)19-8-4-10-27(19)15-17-6-2-5-16(13-17)14-23/h2-3,5-7,9,13,19H,4,8,10-12,15H2,1H3/t19-/m0/s1. The van der Waals surface area contributed by atoms with E-state index in [-0.39, 0.29) is 6.04 Å². The third kappa shape index (κ3) is 4.48. The van der Waals surface area contributed by atoms with Gasteiger partial charge in [0.05, 0.1) is 29.8 Å². The Hall–Kier alpha value is -3.28. The van der Waals surface area contributed by atoms with E-state index in [1.54, 1.807) is 13.3 Å². The lowest BCUT2D eigenvalue weighted by Gasteiger charge is -2.21. The fourth-order valence-electron chi connectivity index (χ4n) is 3.65. The fourth-order valence-corrected chi connectivity index (χ4v) is 3.65. The molecule has 0 unspecified atom stereocenters. The first-order valence-electron chi connectivity index (χ1n) is 9.92. The Morgan fingerprint density at radius 1 is 1.27 bits per heavy atom. The molecule has 4 rings (SSSR count). The molecule has 0 radical (unpaired) electrons. The quantitative estimate of drug-likeness (QED) is 0.526. The van der Waals surface area contributed by atoms with E-state index in [2.05, 4.69) is 26.1 Å². The molecule has 2 aromatic heterocycles. The number of pyridine rings is 1. The number of ether oxygens (including phenoxy) is 2. The molecule has 0 saturated carbocycles. The number of rotatable bonds is 8. The van der Waals surface area contributed by atoms with E-state index in [0.29, 0.717) is 41.9 Å². The first-order chi connectivity index (χ1) is 14.8. The zero-order valence-corrected chi connectivity index (χ0v) is 16.8. The maximum absolute atomic E-state index is 9.14. The van der Waals surface area contributed by atoms with Gasteiger partial charge in [0, 0.05) is 19.9 Å². The van der Waals surface area contributed by atoms with Crippen molar-refractivity contribution in [3.63, 3.8) is 0 Å². The van der Waals surface area contributed by atoms with Crippen molar-refractivity contribution in [3.8, 4) is 23.3 Å². The largest absolute Gasteiger partial charge is 0.475 e. The Labute approximate surface area is 175 Å². The summed E-state index contributed by atoms with van der Waals surface area (Å²) in [4.78, 5) is 11.3. The van der Waals surface area contributed by atoms with Gasteiger partial charge in [0.15, 0.2) is 0 Å². The van der Waals surface area contributed by atoms with Crippen LogP contribution in [0.25, 0.3) is 11.4 Å². The second kappa shape index (κ2) is 9.48. The minimum absolute atomic E-state index is 0.0477. The van der Waals surface area contributed by atoms with Crippen LogP contribution in [-0.2, 0) is 11.3 Å². The molecule has 8 nitrogen and oxygen atoms in total. The van der Waals surface area contributed by atoms with Crippen molar-refractivity contribution in [2.75, 3.05) is 26.9 Å². The average molecular weight is 405 g/mol. The van der Waals surface area contributed by atoms with Crippen molar-refractivity contribution < 1.29 is 14.0 Å². The monoisotopic (exact) mass is 405 g/mol. The molecule has 1 aliphatic heterocycles. The molecule has 0 bridgehead atoms. The molecular weight excluding hydrogens is 382 g/mol. The van der Waals surface area contributed by atoms with Gasteiger partial charge in [-0.1, -0.05) is 17.3 Å². The van der Waals surface area contributed by atoms with Crippen LogP contribution < -0.4 is 4.74 Å². The summed E-state index contributed by atoms with van der Waals surface area (Å²) in [6.45, 7) is 2.54. The summed E-state index contributed by atoms with van der Waals surface area (Å²) in [6, 6.07) is 13.6. The molecule has 1 aromatic carbocycles. The predicted octanol–water partition coefficient (Wildman–Crippen LogP) is 3.37. The van der Waals surface area contributed by atoms with Crippen molar-refractivity contribution in [2.45, 2.75) is 25.4 Å². The van der Waals surface area contributed by atoms with Gasteiger partial charge >= 0.3 is 0 Å². The highest BCUT2D eigenvalue weighted by molar-refractivity contribution is 5.60. The number of hydrogen-bond acceptors (Lipinski definition) is 8. The van der Waals surface area contributed by atoms with Crippen LogP contribution in [-0.4, -0.2) is 46.9 Å². The summed E-state index contributed by atoms with van der Waals surface area (Å²) in [5.41, 5.74) is 2.46.